The van der Waals surface area contributed by atoms with Gasteiger partial charge in [0.05, 0.1) is 11.2 Å². The maximum absolute atomic E-state index is 13.3. The van der Waals surface area contributed by atoms with Gasteiger partial charge in [-0.2, -0.15) is 0 Å². The predicted octanol–water partition coefficient (Wildman–Crippen LogP) is 1.56. The van der Waals surface area contributed by atoms with E-state index >= 15 is 0 Å². The fraction of sp³-hybridized carbons (Fsp3) is 0.652. The van der Waals surface area contributed by atoms with Crippen LogP contribution in [-0.2, 0) is 31.9 Å². The zero-order chi connectivity index (χ0) is 20.4. The van der Waals surface area contributed by atoms with Crippen LogP contribution in [0.5, 0.6) is 0 Å². The van der Waals surface area contributed by atoms with Gasteiger partial charge >= 0.3 is 0 Å². The van der Waals surface area contributed by atoms with Crippen LogP contribution in [0.25, 0.3) is 0 Å². The molecule has 6 nitrogen and oxygen atoms in total. The normalized spacial score (nSPS) is 44.4. The Hall–Kier alpha value is -1.73. The number of ketones is 1. The van der Waals surface area contributed by atoms with Crippen molar-refractivity contribution >= 4 is 21.7 Å². The second-order valence-corrected chi connectivity index (χ2v) is 12.3. The number of nitrogens with one attached hydrogen (secondary N) is 1. The van der Waals surface area contributed by atoms with E-state index in [0.29, 0.717) is 55.0 Å². The second-order valence-electron chi connectivity index (χ2n) is 10.3. The molecule has 0 aromatic heterocycles. The van der Waals surface area contributed by atoms with Gasteiger partial charge in [0.1, 0.15) is 5.78 Å². The molecule has 6 aliphatic carbocycles. The molecule has 7 heteroatoms. The molecule has 30 heavy (non-hydrogen) atoms. The van der Waals surface area contributed by atoms with Crippen LogP contribution >= 0.6 is 0 Å². The van der Waals surface area contributed by atoms with E-state index in [-0.39, 0.29) is 23.5 Å². The van der Waals surface area contributed by atoms with E-state index in [2.05, 4.69) is 5.32 Å². The largest absolute Gasteiger partial charge is 0.351 e. The molecule has 158 valence electrons. The Kier molecular flexibility index (Phi) is 3.31. The van der Waals surface area contributed by atoms with Gasteiger partial charge in [-0.25, -0.2) is 12.7 Å². The van der Waals surface area contributed by atoms with E-state index in [1.54, 1.807) is 4.31 Å². The first-order valence-corrected chi connectivity index (χ1v) is 12.9. The summed E-state index contributed by atoms with van der Waals surface area (Å²) in [7, 11) is -3.34. The summed E-state index contributed by atoms with van der Waals surface area (Å²) < 4.78 is 27.1. The number of nitrogens with zero attached hydrogens (tertiary/aromatic N) is 1. The molecular formula is C23H26N2O4S. The molecule has 1 heterocycles. The highest BCUT2D eigenvalue weighted by Crippen LogP contribution is 2.92. The Labute approximate surface area is 176 Å². The average molecular weight is 427 g/mol. The monoisotopic (exact) mass is 426 g/mol. The summed E-state index contributed by atoms with van der Waals surface area (Å²) >= 11 is 0. The highest BCUT2D eigenvalue weighted by molar-refractivity contribution is 7.88. The van der Waals surface area contributed by atoms with Gasteiger partial charge in [-0.05, 0) is 60.0 Å². The van der Waals surface area contributed by atoms with Crippen molar-refractivity contribution in [2.24, 2.45) is 46.8 Å². The van der Waals surface area contributed by atoms with Crippen LogP contribution in [0.1, 0.15) is 30.4 Å². The van der Waals surface area contributed by atoms with E-state index in [4.69, 9.17) is 0 Å². The summed E-state index contributed by atoms with van der Waals surface area (Å²) in [5, 5.41) is 3.12. The molecule has 1 aliphatic heterocycles. The lowest BCUT2D eigenvalue weighted by Crippen LogP contribution is -2.75. The van der Waals surface area contributed by atoms with Gasteiger partial charge in [0.25, 0.3) is 0 Å². The molecule has 7 aliphatic rings. The summed E-state index contributed by atoms with van der Waals surface area (Å²) in [5.41, 5.74) is 1.19. The molecule has 4 bridgehead atoms. The van der Waals surface area contributed by atoms with Gasteiger partial charge in [0, 0.05) is 31.5 Å². The van der Waals surface area contributed by atoms with Gasteiger partial charge < -0.3 is 5.32 Å². The minimum Gasteiger partial charge on any atom is -0.351 e. The first-order valence-electron chi connectivity index (χ1n) is 11.3. The zero-order valence-corrected chi connectivity index (χ0v) is 17.6. The standard InChI is InChI=1S/C23H26N2O4S/c26-21-17-14-9-15-18-16(14)20(21)23(18,19(15)17)22(27)24-10-12-5-1-2-6-13(12)11-30(28,29)25-7-3-4-8-25/h1-2,5-6,14-20H,3-4,7-11H2,(H,24,27). The molecule has 8 atom stereocenters. The molecule has 1 aromatic rings. The van der Waals surface area contributed by atoms with Crippen molar-refractivity contribution in [2.75, 3.05) is 13.1 Å². The molecule has 8 unspecified atom stereocenters. The number of sulfonamides is 1. The van der Waals surface area contributed by atoms with Crippen LogP contribution in [0, 0.1) is 46.8 Å². The average Bonchev–Trinajstić information content (AvgIpc) is 3.44. The molecule has 0 radical (unpaired) electrons. The van der Waals surface area contributed by atoms with E-state index in [1.807, 2.05) is 24.3 Å². The van der Waals surface area contributed by atoms with E-state index in [9.17, 15) is 18.0 Å². The molecule has 1 N–H and O–H groups in total. The van der Waals surface area contributed by atoms with Gasteiger partial charge in [0.15, 0.2) is 0 Å². The van der Waals surface area contributed by atoms with Crippen molar-refractivity contribution in [1.29, 1.82) is 0 Å². The van der Waals surface area contributed by atoms with Gasteiger partial charge in [-0.3, -0.25) is 9.59 Å². The molecule has 7 fully saturated rings. The van der Waals surface area contributed by atoms with Crippen LogP contribution in [-0.4, -0.2) is 37.5 Å². The first kappa shape index (κ1) is 17.9. The summed E-state index contributed by atoms with van der Waals surface area (Å²) in [4.78, 5) is 26.1. The number of hydrogen-bond donors (Lipinski definition) is 1. The topological polar surface area (TPSA) is 83.5 Å². The minimum absolute atomic E-state index is 0.0213. The number of amides is 1. The summed E-state index contributed by atoms with van der Waals surface area (Å²) in [6, 6.07) is 7.49. The maximum Gasteiger partial charge on any atom is 0.227 e. The zero-order valence-electron chi connectivity index (χ0n) is 16.8. The number of hydrogen-bond acceptors (Lipinski definition) is 4. The molecule has 8 rings (SSSR count). The maximum atomic E-state index is 13.3. The number of benzene rings is 1. The van der Waals surface area contributed by atoms with E-state index in [0.717, 1.165) is 24.0 Å². The number of Topliss-reactive ketones (excluding diaryl/α,β-unsaturated/α-hetero) is 1. The highest BCUT2D eigenvalue weighted by atomic mass is 32.2. The highest BCUT2D eigenvalue weighted by Gasteiger charge is 2.96. The van der Waals surface area contributed by atoms with Gasteiger partial charge in [0.2, 0.25) is 15.9 Å². The van der Waals surface area contributed by atoms with Crippen LogP contribution < -0.4 is 5.32 Å². The van der Waals surface area contributed by atoms with Crippen LogP contribution in [0.15, 0.2) is 24.3 Å². The third kappa shape index (κ3) is 1.81. The number of carbonyl (C=O) groups is 2. The Morgan fingerprint density at radius 2 is 1.83 bits per heavy atom. The Balaban J connectivity index is 1.10. The molecule has 6 saturated carbocycles. The quantitative estimate of drug-likeness (QED) is 0.748. The number of carbonyl (C=O) groups excluding carboxylic acids is 2. The lowest BCUT2D eigenvalue weighted by molar-refractivity contribution is -0.248. The SMILES string of the molecule is O=C1C2C3CC4C2C2(C(=O)NCc5ccccc5CS(=O)(=O)N5CCCC5)C1C3C42. The van der Waals surface area contributed by atoms with Crippen molar-refractivity contribution in [1.82, 2.24) is 9.62 Å². The van der Waals surface area contributed by atoms with Gasteiger partial charge in [-0.15, -0.1) is 0 Å². The molecule has 1 amide bonds. The number of rotatable bonds is 6. The van der Waals surface area contributed by atoms with Crippen LogP contribution in [0.3, 0.4) is 0 Å². The van der Waals surface area contributed by atoms with Crippen molar-refractivity contribution in [3.8, 4) is 0 Å². The first-order chi connectivity index (χ1) is 14.5. The summed E-state index contributed by atoms with van der Waals surface area (Å²) in [6.07, 6.45) is 3.01. The Bertz CT molecular complexity index is 1090. The third-order valence-corrected chi connectivity index (χ3v) is 11.4. The minimum atomic E-state index is -3.34. The molecule has 1 saturated heterocycles. The molecular weight excluding hydrogens is 400 g/mol. The predicted molar refractivity (Wildman–Crippen MR) is 108 cm³/mol. The van der Waals surface area contributed by atoms with Crippen molar-refractivity contribution in [2.45, 2.75) is 31.6 Å². The second kappa shape index (κ2) is 5.54. The van der Waals surface area contributed by atoms with Crippen molar-refractivity contribution < 1.29 is 18.0 Å². The fourth-order valence-corrected chi connectivity index (χ4v) is 10.5. The lowest BCUT2D eigenvalue weighted by atomic mass is 9.31. The summed E-state index contributed by atoms with van der Waals surface area (Å²) in [6.45, 7) is 1.54. The molecule has 0 spiro atoms. The summed E-state index contributed by atoms with van der Waals surface area (Å²) in [5.74, 6) is 2.94. The van der Waals surface area contributed by atoms with Crippen LogP contribution in [0.2, 0.25) is 0 Å². The van der Waals surface area contributed by atoms with E-state index < -0.39 is 15.4 Å². The van der Waals surface area contributed by atoms with Crippen molar-refractivity contribution in [3.05, 3.63) is 35.4 Å². The lowest BCUT2D eigenvalue weighted by Gasteiger charge is -2.70. The van der Waals surface area contributed by atoms with Gasteiger partial charge in [-0.1, -0.05) is 24.3 Å². The molecule has 1 aromatic carbocycles. The van der Waals surface area contributed by atoms with E-state index in [1.165, 1.54) is 6.42 Å². The smallest absolute Gasteiger partial charge is 0.227 e. The Morgan fingerprint density at radius 3 is 2.57 bits per heavy atom. The fourth-order valence-electron chi connectivity index (χ4n) is 8.87. The third-order valence-electron chi connectivity index (χ3n) is 9.61. The Morgan fingerprint density at radius 1 is 1.10 bits per heavy atom. The van der Waals surface area contributed by atoms with Crippen LogP contribution in [0.4, 0.5) is 0 Å². The van der Waals surface area contributed by atoms with Crippen molar-refractivity contribution in [3.63, 3.8) is 0 Å².